The lowest BCUT2D eigenvalue weighted by Crippen LogP contribution is -2.58. The van der Waals surface area contributed by atoms with Gasteiger partial charge in [-0.15, -0.1) is 0 Å². The number of carbonyl (C=O) groups excluding carboxylic acids is 1. The van der Waals surface area contributed by atoms with Crippen molar-refractivity contribution in [1.29, 1.82) is 0 Å². The standard InChI is InChI=1S/C26H30IN4O3P.CH4O/c1-19(34-35-27)25-28-14-16-30(25)15-4-5-20-6-8-21(9-7-20)22-10-12-23(13-11-22)33-24-17-31(18-24)26(32)29(2)3;1-2/h6-14,16,19,24-25,28,35H,15,17-18H2,1-3H3;2H,1H3. The van der Waals surface area contributed by atoms with Crippen molar-refractivity contribution in [2.75, 3.05) is 40.8 Å². The molecular formula is C27H34IN4O4P. The summed E-state index contributed by atoms with van der Waals surface area (Å²) >= 11 is 2.24. The smallest absolute Gasteiger partial charge is 0.319 e. The molecule has 0 spiro atoms. The maximum Gasteiger partial charge on any atom is 0.319 e. The molecule has 0 bridgehead atoms. The van der Waals surface area contributed by atoms with Gasteiger partial charge in [0.2, 0.25) is 0 Å². The molecule has 0 aliphatic carbocycles. The topological polar surface area (TPSA) is 77.5 Å². The summed E-state index contributed by atoms with van der Waals surface area (Å²) in [7, 11) is 4.52. The average Bonchev–Trinajstić information content (AvgIpc) is 3.36. The second kappa shape index (κ2) is 14.4. The summed E-state index contributed by atoms with van der Waals surface area (Å²) in [4.78, 5) is 17.4. The number of rotatable bonds is 7. The molecule has 2 N–H and O–H groups in total. The third-order valence-corrected chi connectivity index (χ3v) is 7.16. The van der Waals surface area contributed by atoms with Gasteiger partial charge in [-0.3, -0.25) is 0 Å². The van der Waals surface area contributed by atoms with Gasteiger partial charge in [0.25, 0.3) is 0 Å². The number of urea groups is 1. The number of hydrogen-bond donors (Lipinski definition) is 2. The van der Waals surface area contributed by atoms with E-state index in [1.807, 2.05) is 24.5 Å². The predicted molar refractivity (Wildman–Crippen MR) is 158 cm³/mol. The van der Waals surface area contributed by atoms with E-state index >= 15 is 0 Å². The summed E-state index contributed by atoms with van der Waals surface area (Å²) in [5.74, 6) is 7.35. The predicted octanol–water partition coefficient (Wildman–Crippen LogP) is 4.11. The van der Waals surface area contributed by atoms with Crippen LogP contribution in [0.5, 0.6) is 5.75 Å². The minimum absolute atomic E-state index is 0.0265. The molecule has 10 heteroatoms. The van der Waals surface area contributed by atoms with E-state index in [4.69, 9.17) is 14.4 Å². The zero-order chi connectivity index (χ0) is 26.8. The van der Waals surface area contributed by atoms with Crippen LogP contribution >= 0.6 is 28.5 Å². The van der Waals surface area contributed by atoms with Gasteiger partial charge in [0.05, 0.1) is 32.2 Å². The molecule has 2 aromatic rings. The van der Waals surface area contributed by atoms with E-state index in [9.17, 15) is 4.79 Å². The van der Waals surface area contributed by atoms with Gasteiger partial charge < -0.3 is 34.4 Å². The van der Waals surface area contributed by atoms with E-state index in [2.05, 4.69) is 87.4 Å². The summed E-state index contributed by atoms with van der Waals surface area (Å²) in [6.45, 7) is 4.39. The van der Waals surface area contributed by atoms with Crippen molar-refractivity contribution in [2.24, 2.45) is 0 Å². The highest BCUT2D eigenvalue weighted by atomic mass is 127. The Morgan fingerprint density at radius 3 is 2.38 bits per heavy atom. The fourth-order valence-electron chi connectivity index (χ4n) is 3.97. The lowest BCUT2D eigenvalue weighted by molar-refractivity contribution is 0.0356. The molecule has 198 valence electrons. The number of amides is 2. The third kappa shape index (κ3) is 7.99. The lowest BCUT2D eigenvalue weighted by Gasteiger charge is -2.40. The molecule has 2 heterocycles. The molecule has 2 aliphatic heterocycles. The molecular weight excluding hydrogens is 602 g/mol. The fraction of sp³-hybridized carbons (Fsp3) is 0.370. The van der Waals surface area contributed by atoms with Crippen molar-refractivity contribution >= 4 is 34.5 Å². The van der Waals surface area contributed by atoms with Crippen LogP contribution in [0.1, 0.15) is 12.5 Å². The number of aliphatic hydroxyl groups is 1. The largest absolute Gasteiger partial charge is 0.487 e. The Morgan fingerprint density at radius 2 is 1.78 bits per heavy atom. The maximum absolute atomic E-state index is 11.9. The number of ether oxygens (including phenoxy) is 1. The molecule has 2 aliphatic rings. The molecule has 1 fully saturated rings. The second-order valence-corrected chi connectivity index (χ2v) is 10.4. The van der Waals surface area contributed by atoms with Crippen LogP contribution in [0, 0.1) is 11.8 Å². The van der Waals surface area contributed by atoms with E-state index in [1.54, 1.807) is 23.9 Å². The lowest BCUT2D eigenvalue weighted by atomic mass is 10.0. The zero-order valence-electron chi connectivity index (χ0n) is 21.5. The highest BCUT2D eigenvalue weighted by molar-refractivity contribution is 14.2. The van der Waals surface area contributed by atoms with Crippen molar-refractivity contribution in [2.45, 2.75) is 25.3 Å². The monoisotopic (exact) mass is 636 g/mol. The molecule has 8 nitrogen and oxygen atoms in total. The van der Waals surface area contributed by atoms with Crippen molar-refractivity contribution in [1.82, 2.24) is 20.0 Å². The van der Waals surface area contributed by atoms with Gasteiger partial charge in [-0.25, -0.2) is 4.79 Å². The van der Waals surface area contributed by atoms with Gasteiger partial charge in [0.1, 0.15) is 18.0 Å². The number of carbonyl (C=O) groups is 1. The third-order valence-electron chi connectivity index (χ3n) is 5.94. The normalized spacial score (nSPS) is 17.3. The Morgan fingerprint density at radius 1 is 1.16 bits per heavy atom. The molecule has 3 unspecified atom stereocenters. The maximum atomic E-state index is 11.9. The Balaban J connectivity index is 0.00000186. The number of likely N-dealkylation sites (tertiary alicyclic amines) is 1. The molecule has 2 amide bonds. The fourth-order valence-corrected chi connectivity index (χ4v) is 5.44. The highest BCUT2D eigenvalue weighted by Gasteiger charge is 2.33. The van der Waals surface area contributed by atoms with Crippen LogP contribution in [0.15, 0.2) is 60.9 Å². The van der Waals surface area contributed by atoms with Crippen LogP contribution in [0.3, 0.4) is 0 Å². The van der Waals surface area contributed by atoms with Crippen LogP contribution in [-0.2, 0) is 4.52 Å². The van der Waals surface area contributed by atoms with Crippen LogP contribution in [0.25, 0.3) is 11.1 Å². The number of aliphatic hydroxyl groups excluding tert-OH is 1. The van der Waals surface area contributed by atoms with E-state index in [0.29, 0.717) is 26.1 Å². The molecule has 0 radical (unpaired) electrons. The molecule has 0 saturated carbocycles. The second-order valence-electron chi connectivity index (χ2n) is 8.73. The van der Waals surface area contributed by atoms with Crippen LogP contribution in [0.4, 0.5) is 4.79 Å². The Hall–Kier alpha value is -2.51. The van der Waals surface area contributed by atoms with Gasteiger partial charge in [0.15, 0.2) is 0 Å². The number of benzene rings is 2. The highest BCUT2D eigenvalue weighted by Crippen LogP contribution is 2.27. The Kier molecular flexibility index (Phi) is 11.3. The number of halogens is 1. The van der Waals surface area contributed by atoms with Crippen LogP contribution < -0.4 is 10.1 Å². The average molecular weight is 636 g/mol. The van der Waals surface area contributed by atoms with Gasteiger partial charge in [-0.1, -0.05) is 36.1 Å². The quantitative estimate of drug-likeness (QED) is 0.271. The van der Waals surface area contributed by atoms with Gasteiger partial charge in [-0.2, -0.15) is 0 Å². The van der Waals surface area contributed by atoms with Crippen molar-refractivity contribution < 1.29 is 19.2 Å². The molecule has 3 atom stereocenters. The molecule has 37 heavy (non-hydrogen) atoms. The number of nitrogens with one attached hydrogen (secondary N) is 1. The molecule has 2 aromatic carbocycles. The van der Waals surface area contributed by atoms with Crippen molar-refractivity contribution in [3.63, 3.8) is 0 Å². The van der Waals surface area contributed by atoms with E-state index < -0.39 is 0 Å². The summed E-state index contributed by atoms with van der Waals surface area (Å²) < 4.78 is 11.7. The number of hydrogen-bond acceptors (Lipinski definition) is 6. The summed E-state index contributed by atoms with van der Waals surface area (Å²) in [5.41, 5.74) is 3.24. The first-order valence-electron chi connectivity index (χ1n) is 11.9. The molecule has 4 rings (SSSR count). The SMILES string of the molecule is CC(OPI)C1NC=CN1CC#Cc1ccc(-c2ccc(OC3CN(C(=O)N(C)C)C3)cc2)cc1.CO. The van der Waals surface area contributed by atoms with Gasteiger partial charge in [0, 0.05) is 39.2 Å². The number of nitrogens with zero attached hydrogens (tertiary/aromatic N) is 3. The summed E-state index contributed by atoms with van der Waals surface area (Å²) in [5, 5.41) is 10.3. The minimum atomic E-state index is 0.0265. The van der Waals surface area contributed by atoms with E-state index in [1.165, 1.54) is 0 Å². The Bertz CT molecular complexity index is 1100. The van der Waals surface area contributed by atoms with E-state index in [0.717, 1.165) is 29.5 Å². The summed E-state index contributed by atoms with van der Waals surface area (Å²) in [6, 6.07) is 16.4. The molecule has 0 aromatic heterocycles. The minimum Gasteiger partial charge on any atom is -0.487 e. The Labute approximate surface area is 234 Å². The zero-order valence-corrected chi connectivity index (χ0v) is 24.7. The van der Waals surface area contributed by atoms with Crippen molar-refractivity contribution in [3.8, 4) is 28.7 Å². The summed E-state index contributed by atoms with van der Waals surface area (Å²) in [6.07, 6.45) is 4.22. The first kappa shape index (κ1) is 29.1. The van der Waals surface area contributed by atoms with Gasteiger partial charge in [-0.05, 0) is 64.4 Å². The molecule has 1 saturated heterocycles. The van der Waals surface area contributed by atoms with E-state index in [-0.39, 0.29) is 24.4 Å². The first-order valence-corrected chi connectivity index (χ1v) is 15.9. The first-order chi connectivity index (χ1) is 17.9. The van der Waals surface area contributed by atoms with Gasteiger partial charge >= 0.3 is 6.03 Å². The van der Waals surface area contributed by atoms with Crippen molar-refractivity contribution in [3.05, 3.63) is 66.5 Å². The van der Waals surface area contributed by atoms with Crippen LogP contribution in [0.2, 0.25) is 0 Å². The van der Waals surface area contributed by atoms with Crippen LogP contribution in [-0.4, -0.2) is 85.1 Å².